The Balaban J connectivity index is 1.81. The van der Waals surface area contributed by atoms with Gasteiger partial charge in [-0.05, 0) is 36.6 Å². The van der Waals surface area contributed by atoms with Crippen LogP contribution in [0, 0.1) is 5.82 Å². The Morgan fingerprint density at radius 3 is 2.62 bits per heavy atom. The van der Waals surface area contributed by atoms with E-state index < -0.39 is 5.82 Å². The van der Waals surface area contributed by atoms with Crippen LogP contribution in [0.3, 0.4) is 0 Å². The Morgan fingerprint density at radius 2 is 2.00 bits per heavy atom. The highest BCUT2D eigenvalue weighted by Gasteiger charge is 2.33. The molecule has 0 aliphatic heterocycles. The highest BCUT2D eigenvalue weighted by molar-refractivity contribution is 5.94. The van der Waals surface area contributed by atoms with Crippen molar-refractivity contribution >= 4 is 11.6 Å². The van der Waals surface area contributed by atoms with Crippen LogP contribution < -0.4 is 5.73 Å². The highest BCUT2D eigenvalue weighted by Crippen LogP contribution is 2.30. The molecule has 0 unspecified atom stereocenters. The molecule has 1 fully saturated rings. The lowest BCUT2D eigenvalue weighted by Gasteiger charge is -2.22. The van der Waals surface area contributed by atoms with Crippen LogP contribution in [0.5, 0.6) is 0 Å². The number of hydrogen-bond acceptors (Lipinski definition) is 3. The fourth-order valence-corrected chi connectivity index (χ4v) is 2.27. The predicted octanol–water partition coefficient (Wildman–Crippen LogP) is 2.61. The minimum Gasteiger partial charge on any atom is -0.399 e. The van der Waals surface area contributed by atoms with Crippen molar-refractivity contribution in [1.29, 1.82) is 0 Å². The van der Waals surface area contributed by atoms with Crippen molar-refractivity contribution in [2.45, 2.75) is 25.4 Å². The molecule has 1 aromatic heterocycles. The number of benzene rings is 1. The molecular formula is C16H16FN3O. The van der Waals surface area contributed by atoms with E-state index in [9.17, 15) is 9.18 Å². The van der Waals surface area contributed by atoms with Gasteiger partial charge < -0.3 is 10.6 Å². The maximum absolute atomic E-state index is 13.2. The number of carbonyl (C=O) groups excluding carboxylic acids is 1. The van der Waals surface area contributed by atoms with Crippen molar-refractivity contribution in [3.63, 3.8) is 0 Å². The van der Waals surface area contributed by atoms with Gasteiger partial charge in [0.05, 0.1) is 11.8 Å². The summed E-state index contributed by atoms with van der Waals surface area (Å²) in [4.78, 5) is 18.1. The van der Waals surface area contributed by atoms with E-state index in [1.165, 1.54) is 12.3 Å². The number of nitrogen functional groups attached to an aromatic ring is 1. The standard InChI is InChI=1S/C16H16FN3O/c17-13-7-12(8-19-9-13)16(21)20(15-5-6-15)10-11-1-3-14(18)4-2-11/h1-4,7-9,15H,5-6,10,18H2. The van der Waals surface area contributed by atoms with Crippen molar-refractivity contribution < 1.29 is 9.18 Å². The summed E-state index contributed by atoms with van der Waals surface area (Å²) >= 11 is 0. The number of rotatable bonds is 4. The van der Waals surface area contributed by atoms with E-state index in [0.29, 0.717) is 12.2 Å². The van der Waals surface area contributed by atoms with Crippen LogP contribution in [0.15, 0.2) is 42.7 Å². The molecule has 4 nitrogen and oxygen atoms in total. The monoisotopic (exact) mass is 285 g/mol. The Bertz CT molecular complexity index is 653. The molecule has 1 amide bonds. The van der Waals surface area contributed by atoms with Crippen LogP contribution in [0.25, 0.3) is 0 Å². The Hall–Kier alpha value is -2.43. The molecule has 21 heavy (non-hydrogen) atoms. The van der Waals surface area contributed by atoms with Gasteiger partial charge in [-0.3, -0.25) is 9.78 Å². The van der Waals surface area contributed by atoms with E-state index in [0.717, 1.165) is 24.6 Å². The van der Waals surface area contributed by atoms with Crippen molar-refractivity contribution in [2.75, 3.05) is 5.73 Å². The van der Waals surface area contributed by atoms with Crippen molar-refractivity contribution in [3.8, 4) is 0 Å². The quantitative estimate of drug-likeness (QED) is 0.878. The van der Waals surface area contributed by atoms with Gasteiger partial charge in [0.1, 0.15) is 5.82 Å². The van der Waals surface area contributed by atoms with Crippen LogP contribution in [0.1, 0.15) is 28.8 Å². The topological polar surface area (TPSA) is 59.2 Å². The molecule has 0 spiro atoms. The number of hydrogen-bond donors (Lipinski definition) is 1. The van der Waals surface area contributed by atoms with E-state index in [1.807, 2.05) is 24.3 Å². The number of anilines is 1. The number of nitrogens with two attached hydrogens (primary N) is 1. The minimum absolute atomic E-state index is 0.179. The molecule has 2 aromatic rings. The van der Waals surface area contributed by atoms with E-state index in [1.54, 1.807) is 4.90 Å². The Labute approximate surface area is 122 Å². The minimum atomic E-state index is -0.496. The fraction of sp³-hybridized carbons (Fsp3) is 0.250. The second kappa shape index (κ2) is 5.52. The van der Waals surface area contributed by atoms with Gasteiger partial charge in [-0.15, -0.1) is 0 Å². The zero-order valence-electron chi connectivity index (χ0n) is 11.5. The molecule has 0 atom stereocenters. The van der Waals surface area contributed by atoms with Crippen LogP contribution in [0.4, 0.5) is 10.1 Å². The van der Waals surface area contributed by atoms with E-state index >= 15 is 0 Å². The average molecular weight is 285 g/mol. The first-order valence-corrected chi connectivity index (χ1v) is 6.89. The van der Waals surface area contributed by atoms with Gasteiger partial charge in [-0.25, -0.2) is 4.39 Å². The molecule has 1 saturated carbocycles. The summed E-state index contributed by atoms with van der Waals surface area (Å²) in [5.74, 6) is -0.676. The summed E-state index contributed by atoms with van der Waals surface area (Å²) in [6, 6.07) is 8.90. The molecule has 1 heterocycles. The summed E-state index contributed by atoms with van der Waals surface area (Å²) in [6.07, 6.45) is 4.48. The Morgan fingerprint density at radius 1 is 1.29 bits per heavy atom. The molecule has 1 aromatic carbocycles. The lowest BCUT2D eigenvalue weighted by atomic mass is 10.1. The van der Waals surface area contributed by atoms with Crippen molar-refractivity contribution in [2.24, 2.45) is 0 Å². The van der Waals surface area contributed by atoms with Gasteiger partial charge in [0.15, 0.2) is 0 Å². The zero-order chi connectivity index (χ0) is 14.8. The first-order chi connectivity index (χ1) is 10.1. The van der Waals surface area contributed by atoms with Crippen molar-refractivity contribution in [3.05, 3.63) is 59.7 Å². The molecule has 108 valence electrons. The number of aromatic nitrogens is 1. The predicted molar refractivity (Wildman–Crippen MR) is 77.9 cm³/mol. The molecule has 0 bridgehead atoms. The van der Waals surface area contributed by atoms with Gasteiger partial charge in [0.25, 0.3) is 5.91 Å². The largest absolute Gasteiger partial charge is 0.399 e. The van der Waals surface area contributed by atoms with Gasteiger partial charge in [-0.1, -0.05) is 12.1 Å². The number of pyridine rings is 1. The summed E-state index contributed by atoms with van der Waals surface area (Å²) in [5.41, 5.74) is 7.66. The third-order valence-corrected chi connectivity index (χ3v) is 3.53. The third kappa shape index (κ3) is 3.18. The normalized spacial score (nSPS) is 14.0. The summed E-state index contributed by atoms with van der Waals surface area (Å²) in [7, 11) is 0. The van der Waals surface area contributed by atoms with Crippen LogP contribution in [-0.2, 0) is 6.54 Å². The number of amides is 1. The summed E-state index contributed by atoms with van der Waals surface area (Å²) in [6.45, 7) is 0.500. The second-order valence-corrected chi connectivity index (χ2v) is 5.30. The summed E-state index contributed by atoms with van der Waals surface area (Å²) in [5, 5.41) is 0. The number of halogens is 1. The smallest absolute Gasteiger partial charge is 0.256 e. The summed E-state index contributed by atoms with van der Waals surface area (Å²) < 4.78 is 13.2. The van der Waals surface area contributed by atoms with E-state index in [2.05, 4.69) is 4.98 Å². The van der Waals surface area contributed by atoms with Crippen LogP contribution in [0.2, 0.25) is 0 Å². The first kappa shape index (κ1) is 13.5. The second-order valence-electron chi connectivity index (χ2n) is 5.30. The van der Waals surface area contributed by atoms with Crippen molar-refractivity contribution in [1.82, 2.24) is 9.88 Å². The van der Waals surface area contributed by atoms with Gasteiger partial charge >= 0.3 is 0 Å². The van der Waals surface area contributed by atoms with E-state index in [4.69, 9.17) is 5.73 Å². The average Bonchev–Trinajstić information content (AvgIpc) is 3.30. The van der Waals surface area contributed by atoms with Crippen LogP contribution >= 0.6 is 0 Å². The van der Waals surface area contributed by atoms with Crippen LogP contribution in [-0.4, -0.2) is 21.8 Å². The molecule has 5 heteroatoms. The Kier molecular flexibility index (Phi) is 3.56. The zero-order valence-corrected chi connectivity index (χ0v) is 11.5. The van der Waals surface area contributed by atoms with Gasteiger partial charge in [0.2, 0.25) is 0 Å². The first-order valence-electron chi connectivity index (χ1n) is 6.89. The molecule has 0 radical (unpaired) electrons. The third-order valence-electron chi connectivity index (χ3n) is 3.53. The lowest BCUT2D eigenvalue weighted by Crippen LogP contribution is -2.32. The van der Waals surface area contributed by atoms with Gasteiger partial charge in [-0.2, -0.15) is 0 Å². The highest BCUT2D eigenvalue weighted by atomic mass is 19.1. The molecule has 1 aliphatic rings. The molecular weight excluding hydrogens is 269 g/mol. The maximum Gasteiger partial charge on any atom is 0.256 e. The molecule has 2 N–H and O–H groups in total. The molecule has 3 rings (SSSR count). The maximum atomic E-state index is 13.2. The number of nitrogens with zero attached hydrogens (tertiary/aromatic N) is 2. The molecule has 1 aliphatic carbocycles. The lowest BCUT2D eigenvalue weighted by molar-refractivity contribution is 0.0729. The van der Waals surface area contributed by atoms with E-state index in [-0.39, 0.29) is 17.5 Å². The number of carbonyl (C=O) groups is 1. The molecule has 0 saturated heterocycles. The fourth-order valence-electron chi connectivity index (χ4n) is 2.27. The van der Waals surface area contributed by atoms with Gasteiger partial charge in [0, 0.05) is 24.5 Å². The SMILES string of the molecule is Nc1ccc(CN(C(=O)c2cncc(F)c2)C2CC2)cc1.